The average Bonchev–Trinajstić information content (AvgIpc) is 2.65. The molecular formula is C18H23N3O4. The Hall–Kier alpha value is -2.79. The van der Waals surface area contributed by atoms with Crippen molar-refractivity contribution in [3.8, 4) is 23.0 Å². The van der Waals surface area contributed by atoms with E-state index in [0.717, 1.165) is 22.8 Å². The van der Waals surface area contributed by atoms with Gasteiger partial charge in [0.15, 0.2) is 0 Å². The van der Waals surface area contributed by atoms with Gasteiger partial charge in [0.1, 0.15) is 23.0 Å². The Kier molecular flexibility index (Phi) is 6.19. The summed E-state index contributed by atoms with van der Waals surface area (Å²) >= 11 is 0. The van der Waals surface area contributed by atoms with Crippen molar-refractivity contribution in [1.82, 2.24) is 0 Å². The predicted molar refractivity (Wildman–Crippen MR) is 97.0 cm³/mol. The maximum atomic E-state index is 8.95. The van der Waals surface area contributed by atoms with Gasteiger partial charge in [-0.05, 0) is 30.2 Å². The zero-order valence-corrected chi connectivity index (χ0v) is 15.2. The lowest BCUT2D eigenvalue weighted by molar-refractivity contribution is 0.387. The summed E-state index contributed by atoms with van der Waals surface area (Å²) in [5.41, 5.74) is 9.71. The van der Waals surface area contributed by atoms with Gasteiger partial charge in [-0.1, -0.05) is 18.5 Å². The van der Waals surface area contributed by atoms with Crippen molar-refractivity contribution in [3.63, 3.8) is 0 Å². The van der Waals surface area contributed by atoms with E-state index in [2.05, 4.69) is 10.0 Å². The number of methoxy groups -OCH3 is 4. The number of rotatable bonds is 8. The average molecular weight is 345 g/mol. The van der Waals surface area contributed by atoms with E-state index in [4.69, 9.17) is 24.5 Å². The molecule has 0 fully saturated rings. The van der Waals surface area contributed by atoms with Crippen molar-refractivity contribution in [3.05, 3.63) is 34.2 Å². The molecule has 7 heteroatoms. The van der Waals surface area contributed by atoms with Crippen LogP contribution < -0.4 is 18.9 Å². The van der Waals surface area contributed by atoms with Gasteiger partial charge in [-0.15, -0.1) is 0 Å². The number of fused-ring (bicyclic) bond motifs is 1. The van der Waals surface area contributed by atoms with E-state index in [0.29, 0.717) is 29.4 Å². The number of hydrogen-bond donors (Lipinski definition) is 0. The fourth-order valence-electron chi connectivity index (χ4n) is 3.04. The van der Waals surface area contributed by atoms with Gasteiger partial charge in [0.25, 0.3) is 0 Å². The lowest BCUT2D eigenvalue weighted by atomic mass is 9.96. The first-order chi connectivity index (χ1) is 12.2. The normalized spacial score (nSPS) is 11.6. The zero-order chi connectivity index (χ0) is 18.4. The second kappa shape index (κ2) is 8.35. The highest BCUT2D eigenvalue weighted by atomic mass is 16.5. The van der Waals surface area contributed by atoms with Crippen LogP contribution in [0.3, 0.4) is 0 Å². The molecule has 7 nitrogen and oxygen atoms in total. The van der Waals surface area contributed by atoms with E-state index in [9.17, 15) is 0 Å². The molecule has 25 heavy (non-hydrogen) atoms. The van der Waals surface area contributed by atoms with E-state index < -0.39 is 0 Å². The van der Waals surface area contributed by atoms with Crippen LogP contribution in [-0.4, -0.2) is 28.4 Å². The Morgan fingerprint density at radius 2 is 1.56 bits per heavy atom. The van der Waals surface area contributed by atoms with Crippen molar-refractivity contribution < 1.29 is 18.9 Å². The molecule has 0 amide bonds. The minimum absolute atomic E-state index is 0.362. The highest BCUT2D eigenvalue weighted by Crippen LogP contribution is 2.48. The molecule has 0 aliphatic rings. The molecule has 134 valence electrons. The Morgan fingerprint density at radius 1 is 0.960 bits per heavy atom. The highest BCUT2D eigenvalue weighted by molar-refractivity contribution is 6.03. The molecule has 0 aromatic heterocycles. The van der Waals surface area contributed by atoms with Gasteiger partial charge in [-0.3, -0.25) is 0 Å². The summed E-state index contributed by atoms with van der Waals surface area (Å²) in [7, 11) is 6.37. The van der Waals surface area contributed by atoms with Gasteiger partial charge in [-0.2, -0.15) is 0 Å². The topological polar surface area (TPSA) is 85.7 Å². The van der Waals surface area contributed by atoms with Crippen LogP contribution in [0, 0.1) is 0 Å². The van der Waals surface area contributed by atoms with E-state index >= 15 is 0 Å². The summed E-state index contributed by atoms with van der Waals surface area (Å²) in [5.74, 6) is 2.48. The molecule has 2 aromatic carbocycles. The number of nitrogens with zero attached hydrogens (tertiary/aromatic N) is 3. The first-order valence-corrected chi connectivity index (χ1v) is 8.00. The van der Waals surface area contributed by atoms with E-state index in [1.807, 2.05) is 25.1 Å². The van der Waals surface area contributed by atoms with Crippen LogP contribution in [-0.2, 0) is 0 Å². The molecule has 0 radical (unpaired) electrons. The first kappa shape index (κ1) is 18.5. The Morgan fingerprint density at radius 3 is 2.04 bits per heavy atom. The maximum absolute atomic E-state index is 8.95. The quantitative estimate of drug-likeness (QED) is 0.381. The van der Waals surface area contributed by atoms with Crippen LogP contribution >= 0.6 is 0 Å². The first-order valence-electron chi connectivity index (χ1n) is 8.00. The second-order valence-corrected chi connectivity index (χ2v) is 5.43. The molecule has 2 aromatic rings. The summed E-state index contributed by atoms with van der Waals surface area (Å²) < 4.78 is 22.3. The predicted octanol–water partition coefficient (Wildman–Crippen LogP) is 5.03. The Balaban J connectivity index is 2.96. The molecule has 0 saturated heterocycles. The molecule has 0 saturated carbocycles. The molecular weight excluding hydrogens is 322 g/mol. The molecule has 0 bridgehead atoms. The van der Waals surface area contributed by atoms with Crippen LogP contribution in [0.2, 0.25) is 0 Å². The minimum Gasteiger partial charge on any atom is -0.496 e. The number of azide groups is 1. The second-order valence-electron chi connectivity index (χ2n) is 5.43. The smallest absolute Gasteiger partial charge is 0.134 e. The number of ether oxygens (including phenoxy) is 4. The summed E-state index contributed by atoms with van der Waals surface area (Å²) in [5, 5.41) is 5.43. The standard InChI is InChI=1S/C18H23N3O4/c1-6-7-12(20-21-19)11-10-15(24-4)16-13(22-2)8-9-14(23-3)17(16)18(11)25-5/h8-10,12H,6-7H2,1-5H3. The molecule has 0 spiro atoms. The summed E-state index contributed by atoms with van der Waals surface area (Å²) in [6, 6.07) is 5.12. The molecule has 0 N–H and O–H groups in total. The fraction of sp³-hybridized carbons (Fsp3) is 0.444. The van der Waals surface area contributed by atoms with Crippen molar-refractivity contribution in [2.45, 2.75) is 25.8 Å². The fourth-order valence-corrected chi connectivity index (χ4v) is 3.04. The lowest BCUT2D eigenvalue weighted by Gasteiger charge is -2.21. The third-order valence-electron chi connectivity index (χ3n) is 4.13. The van der Waals surface area contributed by atoms with Crippen molar-refractivity contribution in [1.29, 1.82) is 0 Å². The summed E-state index contributed by atoms with van der Waals surface area (Å²) in [6.45, 7) is 2.04. The summed E-state index contributed by atoms with van der Waals surface area (Å²) in [6.07, 6.45) is 1.56. The lowest BCUT2D eigenvalue weighted by Crippen LogP contribution is -2.03. The highest BCUT2D eigenvalue weighted by Gasteiger charge is 2.24. The third-order valence-corrected chi connectivity index (χ3v) is 4.13. The van der Waals surface area contributed by atoms with Gasteiger partial charge in [0.05, 0.1) is 45.3 Å². The molecule has 1 unspecified atom stereocenters. The third kappa shape index (κ3) is 3.37. The van der Waals surface area contributed by atoms with Gasteiger partial charge in [0, 0.05) is 10.5 Å². The molecule has 1 atom stereocenters. The van der Waals surface area contributed by atoms with Crippen LogP contribution in [0.4, 0.5) is 0 Å². The molecule has 0 aliphatic carbocycles. The molecule has 0 heterocycles. The van der Waals surface area contributed by atoms with Gasteiger partial charge < -0.3 is 18.9 Å². The molecule has 0 aliphatic heterocycles. The SMILES string of the molecule is CCCC(N=[N+]=[N-])c1cc(OC)c2c(OC)ccc(OC)c2c1OC. The zero-order valence-electron chi connectivity index (χ0n) is 15.2. The van der Waals surface area contributed by atoms with Crippen LogP contribution in [0.1, 0.15) is 31.4 Å². The number of benzene rings is 2. The van der Waals surface area contributed by atoms with E-state index in [1.165, 1.54) is 0 Å². The van der Waals surface area contributed by atoms with Crippen LogP contribution in [0.25, 0.3) is 21.2 Å². The minimum atomic E-state index is -0.362. The monoisotopic (exact) mass is 345 g/mol. The molecule has 2 rings (SSSR count). The summed E-state index contributed by atoms with van der Waals surface area (Å²) in [4.78, 5) is 2.99. The Bertz CT molecular complexity index is 801. The van der Waals surface area contributed by atoms with Crippen LogP contribution in [0.15, 0.2) is 23.3 Å². The van der Waals surface area contributed by atoms with E-state index in [-0.39, 0.29) is 6.04 Å². The van der Waals surface area contributed by atoms with Gasteiger partial charge >= 0.3 is 0 Å². The Labute approximate surface area is 147 Å². The maximum Gasteiger partial charge on any atom is 0.134 e. The largest absolute Gasteiger partial charge is 0.496 e. The van der Waals surface area contributed by atoms with Gasteiger partial charge in [0.2, 0.25) is 0 Å². The van der Waals surface area contributed by atoms with Gasteiger partial charge in [-0.25, -0.2) is 0 Å². The van der Waals surface area contributed by atoms with E-state index in [1.54, 1.807) is 28.4 Å². The number of hydrogen-bond acceptors (Lipinski definition) is 5. The van der Waals surface area contributed by atoms with Crippen molar-refractivity contribution >= 4 is 10.8 Å². The van der Waals surface area contributed by atoms with Crippen molar-refractivity contribution in [2.75, 3.05) is 28.4 Å². The van der Waals surface area contributed by atoms with Crippen LogP contribution in [0.5, 0.6) is 23.0 Å². The van der Waals surface area contributed by atoms with Crippen molar-refractivity contribution in [2.24, 2.45) is 5.11 Å².